The molecule has 0 saturated carbocycles. The summed E-state index contributed by atoms with van der Waals surface area (Å²) >= 11 is 0. The van der Waals surface area contributed by atoms with Crippen molar-refractivity contribution in [3.63, 3.8) is 0 Å². The molecule has 1 N–H and O–H groups in total. The van der Waals surface area contributed by atoms with Crippen LogP contribution in [0.3, 0.4) is 0 Å². The van der Waals surface area contributed by atoms with E-state index in [9.17, 15) is 13.2 Å². The van der Waals surface area contributed by atoms with Crippen LogP contribution in [0.15, 0.2) is 0 Å². The van der Waals surface area contributed by atoms with Crippen molar-refractivity contribution >= 4 is 15.8 Å². The predicted octanol–water partition coefficient (Wildman–Crippen LogP) is 0.548. The summed E-state index contributed by atoms with van der Waals surface area (Å²) in [4.78, 5) is 10.7. The number of carboxylic acid groups (broad SMARTS) is 1. The van der Waals surface area contributed by atoms with Gasteiger partial charge in [-0.1, -0.05) is 0 Å². The quantitative estimate of drug-likeness (QED) is 0.655. The first kappa shape index (κ1) is 14.4. The maximum absolute atomic E-state index is 11.5. The van der Waals surface area contributed by atoms with Crippen LogP contribution in [-0.2, 0) is 19.4 Å². The van der Waals surface area contributed by atoms with Crippen molar-refractivity contribution in [3.05, 3.63) is 0 Å². The highest BCUT2D eigenvalue weighted by Crippen LogP contribution is 2.18. The summed E-state index contributed by atoms with van der Waals surface area (Å²) in [5.74, 6) is -1.46. The molecule has 0 atom stereocenters. The summed E-state index contributed by atoms with van der Waals surface area (Å²) in [5.41, 5.74) is -1.23. The molecule has 0 saturated heterocycles. The summed E-state index contributed by atoms with van der Waals surface area (Å²) in [6.07, 6.45) is 0.397. The van der Waals surface area contributed by atoms with E-state index >= 15 is 0 Å². The molecule has 0 aromatic carbocycles. The second-order valence-electron chi connectivity index (χ2n) is 4.13. The van der Waals surface area contributed by atoms with Crippen LogP contribution in [0.4, 0.5) is 0 Å². The number of hydrogen-bond donors (Lipinski definition) is 1. The number of methoxy groups -OCH3 is 1. The van der Waals surface area contributed by atoms with E-state index in [-0.39, 0.29) is 11.5 Å². The second-order valence-corrected chi connectivity index (χ2v) is 6.31. The first-order valence-corrected chi connectivity index (χ1v) is 6.46. The number of sulfone groups is 1. The zero-order valence-electron chi connectivity index (χ0n) is 9.32. The van der Waals surface area contributed by atoms with Crippen LogP contribution in [0.5, 0.6) is 0 Å². The van der Waals surface area contributed by atoms with Gasteiger partial charge in [0.1, 0.15) is 0 Å². The number of carbonyl (C=O) groups is 1. The van der Waals surface area contributed by atoms with Crippen LogP contribution >= 0.6 is 0 Å². The number of hydrogen-bond acceptors (Lipinski definition) is 4. The molecule has 0 radical (unpaired) electrons. The van der Waals surface area contributed by atoms with Crippen molar-refractivity contribution in [1.82, 2.24) is 0 Å². The Hall–Kier alpha value is -0.620. The van der Waals surface area contributed by atoms with Crippen LogP contribution in [0, 0.1) is 5.41 Å². The van der Waals surface area contributed by atoms with Gasteiger partial charge < -0.3 is 9.84 Å². The van der Waals surface area contributed by atoms with E-state index in [1.165, 1.54) is 21.0 Å². The molecule has 0 fully saturated rings. The van der Waals surface area contributed by atoms with Crippen LogP contribution in [-0.4, -0.2) is 44.7 Å². The lowest BCUT2D eigenvalue weighted by molar-refractivity contribution is -0.145. The van der Waals surface area contributed by atoms with Gasteiger partial charge in [0, 0.05) is 13.7 Å². The minimum absolute atomic E-state index is 0.0302. The Kier molecular flexibility index (Phi) is 5.23. The summed E-state index contributed by atoms with van der Waals surface area (Å²) in [6.45, 7) is 3.18. The van der Waals surface area contributed by atoms with E-state index in [1.807, 2.05) is 0 Å². The fourth-order valence-electron chi connectivity index (χ4n) is 1.11. The van der Waals surface area contributed by atoms with Crippen LogP contribution in [0.25, 0.3) is 0 Å². The molecule has 5 nitrogen and oxygen atoms in total. The standard InChI is InChI=1S/C9H18O5S/c1-9(2,8(10)11)7-15(12,13)6-4-5-14-3/h4-7H2,1-3H3,(H,10,11). The van der Waals surface area contributed by atoms with Gasteiger partial charge in [-0.15, -0.1) is 0 Å². The molecule has 0 amide bonds. The lowest BCUT2D eigenvalue weighted by Crippen LogP contribution is -2.33. The van der Waals surface area contributed by atoms with Crippen molar-refractivity contribution in [2.45, 2.75) is 20.3 Å². The summed E-state index contributed by atoms with van der Waals surface area (Å²) in [6, 6.07) is 0. The molecule has 0 aliphatic carbocycles. The highest BCUT2D eigenvalue weighted by molar-refractivity contribution is 7.91. The molecule has 0 bridgehead atoms. The minimum atomic E-state index is -3.32. The van der Waals surface area contributed by atoms with Gasteiger partial charge in [-0.2, -0.15) is 0 Å². The highest BCUT2D eigenvalue weighted by Gasteiger charge is 2.32. The Morgan fingerprint density at radius 2 is 1.93 bits per heavy atom. The zero-order chi connectivity index (χ0) is 12.1. The summed E-state index contributed by atoms with van der Waals surface area (Å²) in [5, 5.41) is 8.79. The third-order valence-corrected chi connectivity index (χ3v) is 4.04. The van der Waals surface area contributed by atoms with Gasteiger partial charge >= 0.3 is 5.97 Å². The third kappa shape index (κ3) is 5.74. The number of carboxylic acids is 1. The van der Waals surface area contributed by atoms with Crippen molar-refractivity contribution in [2.24, 2.45) is 5.41 Å². The number of rotatable bonds is 7. The normalized spacial score (nSPS) is 12.7. The van der Waals surface area contributed by atoms with Crippen LogP contribution in [0.2, 0.25) is 0 Å². The third-order valence-electron chi connectivity index (χ3n) is 1.96. The topological polar surface area (TPSA) is 80.7 Å². The molecule has 0 spiro atoms. The Morgan fingerprint density at radius 3 is 2.33 bits per heavy atom. The van der Waals surface area contributed by atoms with Gasteiger partial charge in [-0.25, -0.2) is 8.42 Å². The summed E-state index contributed by atoms with van der Waals surface area (Å²) in [7, 11) is -1.82. The molecule has 0 aliphatic heterocycles. The molecule has 0 heterocycles. The number of aliphatic carboxylic acids is 1. The average Bonchev–Trinajstić information content (AvgIpc) is 2.01. The maximum atomic E-state index is 11.5. The highest BCUT2D eigenvalue weighted by atomic mass is 32.2. The molecule has 6 heteroatoms. The zero-order valence-corrected chi connectivity index (χ0v) is 10.1. The van der Waals surface area contributed by atoms with Gasteiger partial charge in [0.2, 0.25) is 0 Å². The molecule has 0 aliphatic rings. The Morgan fingerprint density at radius 1 is 1.40 bits per heavy atom. The van der Waals surface area contributed by atoms with Gasteiger partial charge in [-0.05, 0) is 20.3 Å². The van der Waals surface area contributed by atoms with Crippen LogP contribution < -0.4 is 0 Å². The van der Waals surface area contributed by atoms with Gasteiger partial charge in [0.25, 0.3) is 0 Å². The van der Waals surface area contributed by atoms with E-state index in [0.29, 0.717) is 13.0 Å². The molecule has 0 aromatic rings. The van der Waals surface area contributed by atoms with E-state index in [4.69, 9.17) is 9.84 Å². The average molecular weight is 238 g/mol. The van der Waals surface area contributed by atoms with Crippen molar-refractivity contribution < 1.29 is 23.1 Å². The largest absolute Gasteiger partial charge is 0.481 e. The van der Waals surface area contributed by atoms with E-state index in [2.05, 4.69) is 0 Å². The van der Waals surface area contributed by atoms with Crippen molar-refractivity contribution in [1.29, 1.82) is 0 Å². The van der Waals surface area contributed by atoms with Gasteiger partial charge in [0.15, 0.2) is 9.84 Å². The number of ether oxygens (including phenoxy) is 1. The summed E-state index contributed by atoms with van der Waals surface area (Å²) < 4.78 is 27.7. The fraction of sp³-hybridized carbons (Fsp3) is 0.889. The molecule has 90 valence electrons. The predicted molar refractivity (Wildman–Crippen MR) is 56.6 cm³/mol. The SMILES string of the molecule is COCCCS(=O)(=O)CC(C)(C)C(=O)O. The smallest absolute Gasteiger partial charge is 0.310 e. The second kappa shape index (κ2) is 5.46. The minimum Gasteiger partial charge on any atom is -0.481 e. The lowest BCUT2D eigenvalue weighted by Gasteiger charge is -2.18. The molecule has 15 heavy (non-hydrogen) atoms. The molecule has 0 unspecified atom stereocenters. The van der Waals surface area contributed by atoms with Crippen molar-refractivity contribution in [3.8, 4) is 0 Å². The monoisotopic (exact) mass is 238 g/mol. The molecular weight excluding hydrogens is 220 g/mol. The molecular formula is C9H18O5S. The first-order valence-electron chi connectivity index (χ1n) is 4.64. The lowest BCUT2D eigenvalue weighted by atomic mass is 9.97. The fourth-order valence-corrected chi connectivity index (χ4v) is 3.03. The van der Waals surface area contributed by atoms with Crippen LogP contribution in [0.1, 0.15) is 20.3 Å². The van der Waals surface area contributed by atoms with E-state index < -0.39 is 21.2 Å². The van der Waals surface area contributed by atoms with E-state index in [0.717, 1.165) is 0 Å². The van der Waals surface area contributed by atoms with Gasteiger partial charge in [0.05, 0.1) is 16.9 Å². The molecule has 0 aromatic heterocycles. The Labute approximate surface area is 90.4 Å². The Balaban J connectivity index is 4.32. The Bertz CT molecular complexity index is 304. The molecule has 0 rings (SSSR count). The van der Waals surface area contributed by atoms with E-state index in [1.54, 1.807) is 0 Å². The van der Waals surface area contributed by atoms with Crippen molar-refractivity contribution in [2.75, 3.05) is 25.2 Å². The maximum Gasteiger partial charge on any atom is 0.310 e. The first-order chi connectivity index (χ1) is 6.71. The van der Waals surface area contributed by atoms with Gasteiger partial charge in [-0.3, -0.25) is 4.79 Å².